The molecule has 0 aromatic rings. The molecule has 1 atom stereocenters. The van der Waals surface area contributed by atoms with Gasteiger partial charge in [-0.1, -0.05) is 6.92 Å². The Hall–Kier alpha value is -1.39. The molecule has 1 N–H and O–H groups in total. The van der Waals surface area contributed by atoms with Gasteiger partial charge in [-0.25, -0.2) is 0 Å². The Morgan fingerprint density at radius 2 is 1.88 bits per heavy atom. The van der Waals surface area contributed by atoms with Crippen molar-refractivity contribution in [3.63, 3.8) is 0 Å². The molecule has 1 saturated heterocycles. The van der Waals surface area contributed by atoms with Crippen LogP contribution in [0.15, 0.2) is 0 Å². The fourth-order valence-corrected chi connectivity index (χ4v) is 2.55. The number of aliphatic carboxylic acids is 1. The standard InChI is InChI=1S/C12H19NO4/c1-5-12(10(16)17)8(14)7-11(3,4)13(6-2)9(12)15/h5-7H2,1-4H3,(H,16,17). The largest absolute Gasteiger partial charge is 0.480 e. The number of carboxylic acids is 1. The number of amides is 1. The van der Waals surface area contributed by atoms with Gasteiger partial charge >= 0.3 is 5.97 Å². The van der Waals surface area contributed by atoms with Crippen LogP contribution in [-0.2, 0) is 14.4 Å². The molecule has 1 fully saturated rings. The van der Waals surface area contributed by atoms with Gasteiger partial charge in [0.2, 0.25) is 11.3 Å². The zero-order chi connectivity index (χ0) is 13.4. The second kappa shape index (κ2) is 4.13. The van der Waals surface area contributed by atoms with E-state index in [0.29, 0.717) is 6.54 Å². The first-order valence-electron chi connectivity index (χ1n) is 5.82. The van der Waals surface area contributed by atoms with Crippen LogP contribution in [-0.4, -0.2) is 39.7 Å². The van der Waals surface area contributed by atoms with Gasteiger partial charge in [-0.2, -0.15) is 0 Å². The summed E-state index contributed by atoms with van der Waals surface area (Å²) in [5.41, 5.74) is -2.47. The van der Waals surface area contributed by atoms with Gasteiger partial charge < -0.3 is 10.0 Å². The summed E-state index contributed by atoms with van der Waals surface area (Å²) in [6.07, 6.45) is 0.0965. The summed E-state index contributed by atoms with van der Waals surface area (Å²) in [5, 5.41) is 9.24. The SMILES string of the molecule is CCN1C(=O)C(CC)(C(=O)O)C(=O)CC1(C)C. The predicted molar refractivity (Wildman–Crippen MR) is 61.4 cm³/mol. The van der Waals surface area contributed by atoms with E-state index in [4.69, 9.17) is 0 Å². The van der Waals surface area contributed by atoms with Crippen LogP contribution in [0.5, 0.6) is 0 Å². The quantitative estimate of drug-likeness (QED) is 0.750. The van der Waals surface area contributed by atoms with Gasteiger partial charge in [-0.3, -0.25) is 14.4 Å². The summed E-state index contributed by atoms with van der Waals surface area (Å²) in [6, 6.07) is 0. The molecule has 0 bridgehead atoms. The Bertz CT molecular complexity index is 375. The van der Waals surface area contributed by atoms with E-state index in [2.05, 4.69) is 0 Å². The lowest BCUT2D eigenvalue weighted by atomic mass is 9.70. The minimum atomic E-state index is -1.87. The van der Waals surface area contributed by atoms with E-state index in [1.54, 1.807) is 27.7 Å². The Kier molecular flexibility index (Phi) is 3.32. The summed E-state index contributed by atoms with van der Waals surface area (Å²) >= 11 is 0. The van der Waals surface area contributed by atoms with Gasteiger partial charge in [0.1, 0.15) is 0 Å². The Morgan fingerprint density at radius 3 is 2.24 bits per heavy atom. The maximum Gasteiger partial charge on any atom is 0.326 e. The van der Waals surface area contributed by atoms with Crippen LogP contribution in [0, 0.1) is 5.41 Å². The van der Waals surface area contributed by atoms with Crippen molar-refractivity contribution in [1.29, 1.82) is 0 Å². The van der Waals surface area contributed by atoms with Gasteiger partial charge in [0.15, 0.2) is 5.78 Å². The van der Waals surface area contributed by atoms with E-state index in [1.165, 1.54) is 4.90 Å². The van der Waals surface area contributed by atoms with Crippen LogP contribution in [0.2, 0.25) is 0 Å². The lowest BCUT2D eigenvalue weighted by Gasteiger charge is -2.47. The average Bonchev–Trinajstić information content (AvgIpc) is 2.16. The first kappa shape index (κ1) is 13.7. The molecule has 1 unspecified atom stereocenters. The number of rotatable bonds is 3. The summed E-state index contributed by atoms with van der Waals surface area (Å²) in [4.78, 5) is 37.2. The van der Waals surface area contributed by atoms with Crippen molar-refractivity contribution in [3.8, 4) is 0 Å². The predicted octanol–water partition coefficient (Wildman–Crippen LogP) is 1.07. The third-order valence-electron chi connectivity index (χ3n) is 3.62. The van der Waals surface area contributed by atoms with E-state index >= 15 is 0 Å². The molecule has 0 radical (unpaired) electrons. The van der Waals surface area contributed by atoms with Gasteiger partial charge in [-0.05, 0) is 27.2 Å². The third-order valence-corrected chi connectivity index (χ3v) is 3.62. The Labute approximate surface area is 101 Å². The number of carbonyl (C=O) groups excluding carboxylic acids is 2. The average molecular weight is 241 g/mol. The molecule has 0 aromatic carbocycles. The number of nitrogens with zero attached hydrogens (tertiary/aromatic N) is 1. The first-order chi connectivity index (χ1) is 7.74. The number of hydrogen-bond donors (Lipinski definition) is 1. The fraction of sp³-hybridized carbons (Fsp3) is 0.750. The molecular weight excluding hydrogens is 222 g/mol. The van der Waals surface area contributed by atoms with Crippen molar-refractivity contribution in [2.75, 3.05) is 6.54 Å². The number of carboxylic acid groups (broad SMARTS) is 1. The molecule has 1 aliphatic rings. The second-order valence-corrected chi connectivity index (χ2v) is 5.03. The van der Waals surface area contributed by atoms with Crippen LogP contribution in [0.3, 0.4) is 0 Å². The van der Waals surface area contributed by atoms with Crippen molar-refractivity contribution >= 4 is 17.7 Å². The summed E-state index contributed by atoms with van der Waals surface area (Å²) < 4.78 is 0. The van der Waals surface area contributed by atoms with Crippen LogP contribution in [0.25, 0.3) is 0 Å². The Morgan fingerprint density at radius 1 is 1.35 bits per heavy atom. The van der Waals surface area contributed by atoms with Crippen LogP contribution < -0.4 is 0 Å². The van der Waals surface area contributed by atoms with Gasteiger partial charge in [0.25, 0.3) is 0 Å². The topological polar surface area (TPSA) is 74.7 Å². The van der Waals surface area contributed by atoms with Crippen LogP contribution >= 0.6 is 0 Å². The molecule has 1 heterocycles. The van der Waals surface area contributed by atoms with Crippen LogP contribution in [0.1, 0.15) is 40.5 Å². The van der Waals surface area contributed by atoms with Gasteiger partial charge in [0, 0.05) is 18.5 Å². The molecule has 1 amide bonds. The number of ketones is 1. The number of Topliss-reactive ketones (excluding diaryl/α,β-unsaturated/α-hetero) is 1. The number of hydrogen-bond acceptors (Lipinski definition) is 3. The first-order valence-corrected chi connectivity index (χ1v) is 5.82. The maximum atomic E-state index is 12.3. The third kappa shape index (κ3) is 1.73. The lowest BCUT2D eigenvalue weighted by Crippen LogP contribution is -2.64. The smallest absolute Gasteiger partial charge is 0.326 e. The van der Waals surface area contributed by atoms with E-state index in [1.807, 2.05) is 0 Å². The van der Waals surface area contributed by atoms with Crippen molar-refractivity contribution in [2.24, 2.45) is 5.41 Å². The number of carbonyl (C=O) groups is 3. The van der Waals surface area contributed by atoms with Gasteiger partial charge in [0.05, 0.1) is 0 Å². The van der Waals surface area contributed by atoms with Gasteiger partial charge in [-0.15, -0.1) is 0 Å². The molecule has 5 heteroatoms. The molecule has 5 nitrogen and oxygen atoms in total. The number of likely N-dealkylation sites (tertiary alicyclic amines) is 1. The monoisotopic (exact) mass is 241 g/mol. The normalized spacial score (nSPS) is 28.4. The highest BCUT2D eigenvalue weighted by atomic mass is 16.4. The van der Waals surface area contributed by atoms with E-state index in [-0.39, 0.29) is 12.8 Å². The zero-order valence-corrected chi connectivity index (χ0v) is 10.7. The fourth-order valence-electron chi connectivity index (χ4n) is 2.55. The highest BCUT2D eigenvalue weighted by Gasteiger charge is 2.59. The summed E-state index contributed by atoms with van der Waals surface area (Å²) in [6.45, 7) is 7.34. The van der Waals surface area contributed by atoms with Crippen molar-refractivity contribution in [3.05, 3.63) is 0 Å². The maximum absolute atomic E-state index is 12.3. The van der Waals surface area contributed by atoms with Crippen molar-refractivity contribution in [1.82, 2.24) is 4.90 Å². The minimum absolute atomic E-state index is 0.00653. The summed E-state index contributed by atoms with van der Waals surface area (Å²) in [5.74, 6) is -2.38. The Balaban J connectivity index is 3.32. The minimum Gasteiger partial charge on any atom is -0.480 e. The summed E-state index contributed by atoms with van der Waals surface area (Å²) in [7, 11) is 0. The van der Waals surface area contributed by atoms with Crippen LogP contribution in [0.4, 0.5) is 0 Å². The molecule has 0 aliphatic carbocycles. The zero-order valence-electron chi connectivity index (χ0n) is 10.7. The number of piperidine rings is 1. The van der Waals surface area contributed by atoms with E-state index < -0.39 is 28.6 Å². The molecule has 0 aromatic heterocycles. The van der Waals surface area contributed by atoms with Crippen molar-refractivity contribution in [2.45, 2.75) is 46.1 Å². The van der Waals surface area contributed by atoms with Crippen molar-refractivity contribution < 1.29 is 19.5 Å². The molecule has 1 rings (SSSR count). The second-order valence-electron chi connectivity index (χ2n) is 5.03. The molecule has 96 valence electrons. The molecule has 1 aliphatic heterocycles. The van der Waals surface area contributed by atoms with E-state index in [0.717, 1.165) is 0 Å². The molecular formula is C12H19NO4. The molecule has 0 spiro atoms. The molecule has 17 heavy (non-hydrogen) atoms. The lowest BCUT2D eigenvalue weighted by molar-refractivity contribution is -0.173. The highest BCUT2D eigenvalue weighted by molar-refractivity contribution is 6.22. The van der Waals surface area contributed by atoms with E-state index in [9.17, 15) is 19.5 Å². The molecule has 0 saturated carbocycles. The highest BCUT2D eigenvalue weighted by Crippen LogP contribution is 2.39.